The fourth-order valence-electron chi connectivity index (χ4n) is 4.35. The average molecular weight is 520 g/mol. The monoisotopic (exact) mass is 519 g/mol. The lowest BCUT2D eigenvalue weighted by molar-refractivity contribution is -0.114. The number of hydrazone groups is 1. The Labute approximate surface area is 215 Å². The predicted octanol–water partition coefficient (Wildman–Crippen LogP) is 3.81. The number of nitrogens with zero attached hydrogens (tertiary/aromatic N) is 5. The maximum atomic E-state index is 15.4. The van der Waals surface area contributed by atoms with E-state index in [1.165, 1.54) is 30.1 Å². The Hall–Kier alpha value is -3.24. The molecule has 0 spiro atoms. The molecule has 1 aliphatic heterocycles. The van der Waals surface area contributed by atoms with Crippen LogP contribution in [0.4, 0.5) is 15.8 Å². The number of benzene rings is 1. The average Bonchev–Trinajstić information content (AvgIpc) is 2.85. The summed E-state index contributed by atoms with van der Waals surface area (Å²) in [5, 5.41) is 15.4. The molecule has 3 rings (SSSR count). The minimum atomic E-state index is -0.667. The van der Waals surface area contributed by atoms with Gasteiger partial charge in [-0.2, -0.15) is 5.10 Å². The van der Waals surface area contributed by atoms with Gasteiger partial charge in [-0.1, -0.05) is 25.4 Å². The second-order valence-corrected chi connectivity index (χ2v) is 9.24. The molecule has 2 aromatic rings. The van der Waals surface area contributed by atoms with Crippen molar-refractivity contribution in [3.8, 4) is 5.88 Å². The summed E-state index contributed by atoms with van der Waals surface area (Å²) in [6.07, 6.45) is 2.14. The molecular weight excluding hydrogens is 489 g/mol. The molecule has 0 saturated carbocycles. The van der Waals surface area contributed by atoms with Crippen LogP contribution in [0.3, 0.4) is 0 Å². The maximum Gasteiger partial charge on any atom is 0.258 e. The number of carbonyl (C=O) groups excluding carboxylic acids is 2. The van der Waals surface area contributed by atoms with Crippen molar-refractivity contribution in [3.63, 3.8) is 0 Å². The molecule has 36 heavy (non-hydrogen) atoms. The summed E-state index contributed by atoms with van der Waals surface area (Å²) in [6, 6.07) is 2.82. The number of aryl methyl sites for hydroxylation is 1. The highest BCUT2D eigenvalue weighted by atomic mass is 35.5. The van der Waals surface area contributed by atoms with Crippen LogP contribution in [0.1, 0.15) is 48.2 Å². The summed E-state index contributed by atoms with van der Waals surface area (Å²) in [7, 11) is 2.97. The lowest BCUT2D eigenvalue weighted by Gasteiger charge is -2.38. The van der Waals surface area contributed by atoms with Gasteiger partial charge in [0.2, 0.25) is 12.3 Å². The van der Waals surface area contributed by atoms with Gasteiger partial charge in [0, 0.05) is 37.8 Å². The van der Waals surface area contributed by atoms with E-state index in [1.807, 2.05) is 13.8 Å². The SMILES string of the molecule is CCN(C=O)/C(CO)=N\N(C)c1cc2c(cc1F)C(=O)N(c1c(C)cnc(OC)c1Cl)CC2C(C)C. The summed E-state index contributed by atoms with van der Waals surface area (Å²) < 4.78 is 20.6. The van der Waals surface area contributed by atoms with Crippen molar-refractivity contribution >= 4 is 41.1 Å². The zero-order valence-electron chi connectivity index (χ0n) is 21.2. The number of rotatable bonds is 8. The number of likely N-dealkylation sites (N-methyl/N-ethyl adjacent to an activating group) is 1. The molecule has 1 aliphatic rings. The van der Waals surface area contributed by atoms with E-state index in [2.05, 4.69) is 10.1 Å². The number of methoxy groups -OCH3 is 1. The largest absolute Gasteiger partial charge is 0.480 e. The highest BCUT2D eigenvalue weighted by Crippen LogP contribution is 2.43. The van der Waals surface area contributed by atoms with Crippen LogP contribution in [0.2, 0.25) is 5.02 Å². The summed E-state index contributed by atoms with van der Waals surface area (Å²) >= 11 is 6.55. The summed E-state index contributed by atoms with van der Waals surface area (Å²) in [6.45, 7) is 7.72. The molecule has 1 aromatic heterocycles. The Kier molecular flexibility index (Phi) is 8.52. The van der Waals surface area contributed by atoms with Gasteiger partial charge in [-0.25, -0.2) is 9.37 Å². The molecule has 1 aromatic carbocycles. The fraction of sp³-hybridized carbons (Fsp3) is 0.440. The van der Waals surface area contributed by atoms with E-state index in [1.54, 1.807) is 31.0 Å². The van der Waals surface area contributed by atoms with Crippen LogP contribution < -0.4 is 14.6 Å². The van der Waals surface area contributed by atoms with Gasteiger partial charge in [0.1, 0.15) is 17.4 Å². The number of ether oxygens (including phenoxy) is 1. The number of aromatic nitrogens is 1. The van der Waals surface area contributed by atoms with Gasteiger partial charge in [0.05, 0.1) is 18.5 Å². The third-order valence-electron chi connectivity index (χ3n) is 6.34. The van der Waals surface area contributed by atoms with E-state index in [9.17, 15) is 14.7 Å². The van der Waals surface area contributed by atoms with Crippen molar-refractivity contribution in [1.82, 2.24) is 9.88 Å². The number of anilines is 2. The number of fused-ring (bicyclic) bond motifs is 1. The third kappa shape index (κ3) is 5.01. The first-order valence-electron chi connectivity index (χ1n) is 11.6. The Morgan fingerprint density at radius 1 is 1.44 bits per heavy atom. The van der Waals surface area contributed by atoms with Crippen LogP contribution in [0.25, 0.3) is 0 Å². The maximum absolute atomic E-state index is 15.4. The third-order valence-corrected chi connectivity index (χ3v) is 6.68. The van der Waals surface area contributed by atoms with Gasteiger partial charge in [0.15, 0.2) is 5.84 Å². The Balaban J connectivity index is 2.13. The highest BCUT2D eigenvalue weighted by molar-refractivity contribution is 6.35. The van der Waals surface area contributed by atoms with Crippen LogP contribution in [0, 0.1) is 18.7 Å². The highest BCUT2D eigenvalue weighted by Gasteiger charge is 2.37. The normalized spacial score (nSPS) is 15.7. The van der Waals surface area contributed by atoms with E-state index in [-0.39, 0.29) is 45.7 Å². The second-order valence-electron chi connectivity index (χ2n) is 8.86. The number of aliphatic hydroxyl groups is 1. The van der Waals surface area contributed by atoms with Crippen LogP contribution in [0.5, 0.6) is 5.88 Å². The molecule has 0 fully saturated rings. The Bertz CT molecular complexity index is 1190. The van der Waals surface area contributed by atoms with Crippen molar-refractivity contribution < 1.29 is 23.8 Å². The smallest absolute Gasteiger partial charge is 0.258 e. The molecule has 1 unspecified atom stereocenters. The molecule has 11 heteroatoms. The standard InChI is InChI=1S/C25H31ClFN5O4/c1-7-31(13-34)21(12-33)29-30(5)20-9-16-17(8-19(20)27)25(35)32(11-18(16)14(2)3)23-15(4)10-28-24(36-6)22(23)26/h8-10,13-14,18,33H,7,11-12H2,1-6H3/b29-21-. The van der Waals surface area contributed by atoms with Crippen molar-refractivity contribution in [2.75, 3.05) is 43.8 Å². The number of aliphatic hydroxyl groups excluding tert-OH is 1. The predicted molar refractivity (Wildman–Crippen MR) is 138 cm³/mol. The molecule has 2 amide bonds. The molecule has 0 aliphatic carbocycles. The first kappa shape index (κ1) is 27.3. The number of pyridine rings is 1. The van der Waals surface area contributed by atoms with Gasteiger partial charge in [-0.15, -0.1) is 0 Å². The minimum Gasteiger partial charge on any atom is -0.480 e. The van der Waals surface area contributed by atoms with E-state index in [0.29, 0.717) is 36.3 Å². The lowest BCUT2D eigenvalue weighted by atomic mass is 9.81. The molecule has 9 nitrogen and oxygen atoms in total. The quantitative estimate of drug-likeness (QED) is 0.246. The van der Waals surface area contributed by atoms with Gasteiger partial charge >= 0.3 is 0 Å². The van der Waals surface area contributed by atoms with Gasteiger partial charge in [-0.3, -0.25) is 19.5 Å². The molecule has 0 radical (unpaired) electrons. The Morgan fingerprint density at radius 2 is 2.14 bits per heavy atom. The Morgan fingerprint density at radius 3 is 2.69 bits per heavy atom. The fourth-order valence-corrected chi connectivity index (χ4v) is 4.73. The van der Waals surface area contributed by atoms with Crippen LogP contribution in [0.15, 0.2) is 23.4 Å². The topological polar surface area (TPSA) is 98.6 Å². The second kappa shape index (κ2) is 11.2. The van der Waals surface area contributed by atoms with Crippen LogP contribution in [-0.2, 0) is 4.79 Å². The molecule has 1 atom stereocenters. The molecular formula is C25H31ClFN5O4. The van der Waals surface area contributed by atoms with Crippen molar-refractivity contribution in [2.24, 2.45) is 11.0 Å². The number of carbonyl (C=O) groups is 2. The number of hydrogen-bond acceptors (Lipinski definition) is 7. The first-order chi connectivity index (χ1) is 17.1. The molecule has 0 bridgehead atoms. The minimum absolute atomic E-state index is 0.0755. The zero-order valence-corrected chi connectivity index (χ0v) is 22.0. The number of amidine groups is 1. The molecule has 194 valence electrons. The van der Waals surface area contributed by atoms with E-state index < -0.39 is 12.4 Å². The number of hydrogen-bond donors (Lipinski definition) is 1. The molecule has 0 saturated heterocycles. The van der Waals surface area contributed by atoms with Crippen molar-refractivity contribution in [1.29, 1.82) is 0 Å². The lowest BCUT2D eigenvalue weighted by Crippen LogP contribution is -2.42. The number of amides is 2. The van der Waals surface area contributed by atoms with E-state index in [0.717, 1.165) is 0 Å². The van der Waals surface area contributed by atoms with Crippen LogP contribution in [-0.4, -0.2) is 67.0 Å². The zero-order chi connectivity index (χ0) is 26.7. The summed E-state index contributed by atoms with van der Waals surface area (Å²) in [4.78, 5) is 31.9. The summed E-state index contributed by atoms with van der Waals surface area (Å²) in [5.74, 6) is -0.803. The van der Waals surface area contributed by atoms with Crippen molar-refractivity contribution in [2.45, 2.75) is 33.6 Å². The van der Waals surface area contributed by atoms with Crippen molar-refractivity contribution in [3.05, 3.63) is 45.9 Å². The van der Waals surface area contributed by atoms with Crippen LogP contribution >= 0.6 is 11.6 Å². The van der Waals surface area contributed by atoms with Gasteiger partial charge in [-0.05, 0) is 43.0 Å². The van der Waals surface area contributed by atoms with E-state index in [4.69, 9.17) is 16.3 Å². The summed E-state index contributed by atoms with van der Waals surface area (Å²) in [5.41, 5.74) is 2.21. The molecule has 2 heterocycles. The number of halogens is 2. The van der Waals surface area contributed by atoms with E-state index >= 15 is 4.39 Å². The van der Waals surface area contributed by atoms with Gasteiger partial charge in [0.25, 0.3) is 5.91 Å². The van der Waals surface area contributed by atoms with Gasteiger partial charge < -0.3 is 14.7 Å². The first-order valence-corrected chi connectivity index (χ1v) is 12.0. The molecule has 1 N–H and O–H groups in total.